The number of alkyl halides is 1. The second-order valence-corrected chi connectivity index (χ2v) is 12.8. The van der Waals surface area contributed by atoms with Crippen molar-refractivity contribution in [1.29, 1.82) is 0 Å². The normalized spacial score (nSPS) is 20.2. The Morgan fingerprint density at radius 1 is 1.02 bits per heavy atom. The first kappa shape index (κ1) is 26.3. The monoisotopic (exact) mass is 575 g/mol. The maximum Gasteiger partial charge on any atom is 0.254 e. The lowest BCUT2D eigenvalue weighted by Gasteiger charge is -2.33. The van der Waals surface area contributed by atoms with Crippen molar-refractivity contribution in [1.82, 2.24) is 14.8 Å². The van der Waals surface area contributed by atoms with Gasteiger partial charge in [-0.15, -0.1) is 0 Å². The number of hydrogen-bond acceptors (Lipinski definition) is 3. The summed E-state index contributed by atoms with van der Waals surface area (Å²) in [5.41, 5.74) is 8.44. The van der Waals surface area contributed by atoms with Gasteiger partial charge in [0.05, 0.1) is 12.2 Å². The number of aromatic nitrogens is 1. The minimum Gasteiger partial charge on any atom is -0.454 e. The Hall–Kier alpha value is -4.39. The highest BCUT2D eigenvalue weighted by molar-refractivity contribution is 6.00. The standard InChI is InChI=1S/C36H34FN3O3/c1-20-11-28(37)19-39(17-20)36(42)26-8-9-29-21(2)34(43-33(29)15-26)32-14-25-6-5-24(13-31(25)40(32)18-22-3-4-22)23-7-10-30-27(12-23)16-38-35(30)41/h5-10,12-15,20,22,28H,3-4,11,16-19H2,1-2H3,(H,38,41)/t20-,28-/m1/s1. The van der Waals surface area contributed by atoms with Crippen LogP contribution < -0.4 is 5.32 Å². The number of fused-ring (bicyclic) bond motifs is 3. The highest BCUT2D eigenvalue weighted by atomic mass is 19.1. The molecule has 2 atom stereocenters. The summed E-state index contributed by atoms with van der Waals surface area (Å²) >= 11 is 0. The van der Waals surface area contributed by atoms with Crippen LogP contribution in [0.2, 0.25) is 0 Å². The van der Waals surface area contributed by atoms with Crippen molar-refractivity contribution < 1.29 is 18.4 Å². The van der Waals surface area contributed by atoms with Crippen molar-refractivity contribution >= 4 is 33.7 Å². The first-order chi connectivity index (χ1) is 20.8. The van der Waals surface area contributed by atoms with Crippen LogP contribution in [-0.2, 0) is 13.1 Å². The van der Waals surface area contributed by atoms with E-state index in [0.717, 1.165) is 62.1 Å². The van der Waals surface area contributed by atoms with Crippen LogP contribution in [0, 0.1) is 18.8 Å². The molecule has 0 spiro atoms. The summed E-state index contributed by atoms with van der Waals surface area (Å²) in [7, 11) is 0. The average Bonchev–Trinajstić information content (AvgIpc) is 3.53. The summed E-state index contributed by atoms with van der Waals surface area (Å²) in [5, 5.41) is 5.03. The van der Waals surface area contributed by atoms with Gasteiger partial charge in [0, 0.05) is 52.6 Å². The molecule has 1 aliphatic carbocycles. The van der Waals surface area contributed by atoms with Gasteiger partial charge < -0.3 is 19.2 Å². The van der Waals surface area contributed by atoms with Crippen LogP contribution in [0.5, 0.6) is 0 Å². The number of nitrogens with zero attached hydrogens (tertiary/aromatic N) is 2. The quantitative estimate of drug-likeness (QED) is 0.236. The van der Waals surface area contributed by atoms with E-state index < -0.39 is 6.17 Å². The number of aryl methyl sites for hydroxylation is 1. The Morgan fingerprint density at radius 3 is 2.65 bits per heavy atom. The van der Waals surface area contributed by atoms with Crippen LogP contribution in [-0.4, -0.2) is 40.5 Å². The number of nitrogens with one attached hydrogen (secondary N) is 1. The Morgan fingerprint density at radius 2 is 1.84 bits per heavy atom. The van der Waals surface area contributed by atoms with Gasteiger partial charge in [0.25, 0.3) is 11.8 Å². The molecular weight excluding hydrogens is 541 g/mol. The molecule has 2 aromatic heterocycles. The summed E-state index contributed by atoms with van der Waals surface area (Å²) < 4.78 is 23.2. The molecule has 2 fully saturated rings. The third-order valence-electron chi connectivity index (χ3n) is 9.48. The molecular formula is C36H34FN3O3. The number of likely N-dealkylation sites (tertiary alicyclic amines) is 1. The zero-order valence-corrected chi connectivity index (χ0v) is 24.5. The number of piperidine rings is 1. The molecule has 43 heavy (non-hydrogen) atoms. The Labute approximate surface area is 249 Å². The van der Waals surface area contributed by atoms with E-state index in [1.54, 1.807) is 4.90 Å². The van der Waals surface area contributed by atoms with Gasteiger partial charge in [0.15, 0.2) is 5.76 Å². The van der Waals surface area contributed by atoms with Gasteiger partial charge in [-0.1, -0.05) is 31.2 Å². The maximum atomic E-state index is 14.2. The molecule has 3 aromatic carbocycles. The van der Waals surface area contributed by atoms with Crippen LogP contribution in [0.15, 0.2) is 65.1 Å². The second-order valence-electron chi connectivity index (χ2n) is 12.8. The molecule has 0 unspecified atom stereocenters. The van der Waals surface area contributed by atoms with E-state index in [-0.39, 0.29) is 24.3 Å². The zero-order chi connectivity index (χ0) is 29.4. The summed E-state index contributed by atoms with van der Waals surface area (Å²) in [4.78, 5) is 27.0. The number of furan rings is 1. The molecule has 0 radical (unpaired) electrons. The van der Waals surface area contributed by atoms with Gasteiger partial charge >= 0.3 is 0 Å². The van der Waals surface area contributed by atoms with E-state index in [0.29, 0.717) is 36.6 Å². The smallest absolute Gasteiger partial charge is 0.254 e. The lowest BCUT2D eigenvalue weighted by Crippen LogP contribution is -2.44. The summed E-state index contributed by atoms with van der Waals surface area (Å²) in [6.07, 6.45) is 1.98. The first-order valence-corrected chi connectivity index (χ1v) is 15.3. The van der Waals surface area contributed by atoms with Crippen molar-refractivity contribution in [2.45, 2.75) is 52.4 Å². The molecule has 8 rings (SSSR count). The molecule has 218 valence electrons. The molecule has 1 saturated heterocycles. The van der Waals surface area contributed by atoms with Gasteiger partial charge in [0.2, 0.25) is 0 Å². The first-order valence-electron chi connectivity index (χ1n) is 15.3. The maximum absolute atomic E-state index is 14.2. The Balaban J connectivity index is 1.19. The Bertz CT molecular complexity index is 1940. The number of carbonyl (C=O) groups excluding carboxylic acids is 2. The van der Waals surface area contributed by atoms with Gasteiger partial charge in [-0.25, -0.2) is 4.39 Å². The largest absolute Gasteiger partial charge is 0.454 e. The van der Waals surface area contributed by atoms with E-state index in [1.807, 2.05) is 37.3 Å². The SMILES string of the molecule is Cc1c(-c2cc3ccc(-c4ccc5c(c4)CNC5=O)cc3n2CC2CC2)oc2cc(C(=O)N3C[C@H](C)C[C@@H](F)C3)ccc12. The Kier molecular flexibility index (Phi) is 6.00. The zero-order valence-electron chi connectivity index (χ0n) is 24.5. The van der Waals surface area contributed by atoms with Gasteiger partial charge in [-0.3, -0.25) is 9.59 Å². The fraction of sp³-hybridized carbons (Fsp3) is 0.333. The van der Waals surface area contributed by atoms with Crippen LogP contribution in [0.4, 0.5) is 4.39 Å². The second kappa shape index (κ2) is 9.83. The topological polar surface area (TPSA) is 67.5 Å². The lowest BCUT2D eigenvalue weighted by molar-refractivity contribution is 0.0555. The number of hydrogen-bond donors (Lipinski definition) is 1. The molecule has 4 heterocycles. The molecule has 5 aromatic rings. The summed E-state index contributed by atoms with van der Waals surface area (Å²) in [6.45, 7) is 6.28. The van der Waals surface area contributed by atoms with E-state index in [2.05, 4.69) is 47.1 Å². The summed E-state index contributed by atoms with van der Waals surface area (Å²) in [5.74, 6) is 1.46. The van der Waals surface area contributed by atoms with E-state index in [4.69, 9.17) is 4.42 Å². The van der Waals surface area contributed by atoms with Gasteiger partial charge in [0.1, 0.15) is 11.8 Å². The van der Waals surface area contributed by atoms with Crippen LogP contribution in [0.25, 0.3) is 44.5 Å². The predicted molar refractivity (Wildman–Crippen MR) is 166 cm³/mol. The minimum atomic E-state index is -0.980. The fourth-order valence-corrected chi connectivity index (χ4v) is 7.02. The molecule has 2 amide bonds. The number of amides is 2. The summed E-state index contributed by atoms with van der Waals surface area (Å²) in [6, 6.07) is 20.5. The molecule has 2 aliphatic heterocycles. The van der Waals surface area contributed by atoms with E-state index in [1.165, 1.54) is 12.8 Å². The number of carbonyl (C=O) groups is 2. The number of benzene rings is 3. The third-order valence-corrected chi connectivity index (χ3v) is 9.48. The van der Waals surface area contributed by atoms with E-state index >= 15 is 0 Å². The highest BCUT2D eigenvalue weighted by Crippen LogP contribution is 2.41. The van der Waals surface area contributed by atoms with Crippen molar-refractivity contribution in [2.24, 2.45) is 11.8 Å². The van der Waals surface area contributed by atoms with Crippen LogP contribution >= 0.6 is 0 Å². The minimum absolute atomic E-state index is 0.00728. The van der Waals surface area contributed by atoms with Crippen LogP contribution in [0.1, 0.15) is 58.0 Å². The van der Waals surface area contributed by atoms with Crippen molar-refractivity contribution in [3.05, 3.63) is 82.9 Å². The van der Waals surface area contributed by atoms with Gasteiger partial charge in [-0.05, 0) is 91.1 Å². The molecule has 1 saturated carbocycles. The van der Waals surface area contributed by atoms with Crippen molar-refractivity contribution in [3.63, 3.8) is 0 Å². The molecule has 7 heteroatoms. The average molecular weight is 576 g/mol. The lowest BCUT2D eigenvalue weighted by atomic mass is 9.98. The number of halogens is 1. The van der Waals surface area contributed by atoms with Crippen LogP contribution in [0.3, 0.4) is 0 Å². The van der Waals surface area contributed by atoms with Gasteiger partial charge in [-0.2, -0.15) is 0 Å². The molecule has 6 nitrogen and oxygen atoms in total. The molecule has 0 bridgehead atoms. The van der Waals surface area contributed by atoms with Crippen molar-refractivity contribution in [2.75, 3.05) is 13.1 Å². The number of rotatable bonds is 5. The molecule has 3 aliphatic rings. The van der Waals surface area contributed by atoms with Crippen molar-refractivity contribution in [3.8, 4) is 22.6 Å². The van der Waals surface area contributed by atoms with E-state index in [9.17, 15) is 14.0 Å². The predicted octanol–water partition coefficient (Wildman–Crippen LogP) is 7.50. The highest BCUT2D eigenvalue weighted by Gasteiger charge is 2.30. The fourth-order valence-electron chi connectivity index (χ4n) is 7.02. The third kappa shape index (κ3) is 4.53. The molecule has 1 N–H and O–H groups in total.